The molecule has 0 aliphatic heterocycles. The molecule has 0 aromatic rings. The summed E-state index contributed by atoms with van der Waals surface area (Å²) in [5, 5.41) is 3.94. The van der Waals surface area contributed by atoms with E-state index >= 15 is 0 Å². The first-order valence-corrected chi connectivity index (χ1v) is 2.89. The third kappa shape index (κ3) is 1.16. The third-order valence-corrected chi connectivity index (χ3v) is 1.58. The van der Waals surface area contributed by atoms with Crippen LogP contribution in [0.15, 0.2) is 0 Å². The minimum Gasteiger partial charge on any atom is -0.422 e. The lowest BCUT2D eigenvalue weighted by molar-refractivity contribution is 0.595. The van der Waals surface area contributed by atoms with Crippen LogP contribution in [0.2, 0.25) is 0 Å². The van der Waals surface area contributed by atoms with Gasteiger partial charge in [0.1, 0.15) is 0 Å². The molecule has 1 nitrogen and oxygen atoms in total. The first-order valence-electron chi connectivity index (χ1n) is 2.89. The molecule has 1 rings (SSSR count). The minimum atomic E-state index is 0.611. The van der Waals surface area contributed by atoms with E-state index in [2.05, 4.69) is 12.4 Å². The zero-order valence-corrected chi connectivity index (χ0v) is 4.56. The van der Waals surface area contributed by atoms with Crippen LogP contribution < -0.4 is 5.32 Å². The van der Waals surface area contributed by atoms with Gasteiger partial charge in [0.2, 0.25) is 0 Å². The monoisotopic (exact) mass is 97.1 g/mol. The average Bonchev–Trinajstić information content (AvgIpc) is 2.14. The van der Waals surface area contributed by atoms with Crippen LogP contribution in [0.25, 0.3) is 0 Å². The summed E-state index contributed by atoms with van der Waals surface area (Å²) >= 11 is 0. The van der Waals surface area contributed by atoms with Crippen molar-refractivity contribution in [2.24, 2.45) is 0 Å². The second-order valence-electron chi connectivity index (χ2n) is 2.12. The Morgan fingerprint density at radius 1 is 1.29 bits per heavy atom. The normalized spacial score (nSPS) is 23.6. The lowest BCUT2D eigenvalue weighted by atomic mass is 10.3. The summed E-state index contributed by atoms with van der Waals surface area (Å²) in [6.45, 7) is 0. The highest BCUT2D eigenvalue weighted by molar-refractivity contribution is 4.71. The summed E-state index contributed by atoms with van der Waals surface area (Å²) in [4.78, 5) is 0. The van der Waals surface area contributed by atoms with Gasteiger partial charge < -0.3 is 5.32 Å². The van der Waals surface area contributed by atoms with Crippen molar-refractivity contribution >= 4 is 0 Å². The zero-order valence-electron chi connectivity index (χ0n) is 4.56. The number of rotatable bonds is 1. The predicted molar refractivity (Wildman–Crippen MR) is 29.7 cm³/mol. The molecule has 1 fully saturated rings. The first kappa shape index (κ1) is 5.10. The molecule has 1 radical (unpaired) electrons. The van der Waals surface area contributed by atoms with E-state index in [0.717, 1.165) is 0 Å². The Balaban J connectivity index is 2.14. The molecular weight excluding hydrogens is 86.1 g/mol. The fourth-order valence-corrected chi connectivity index (χ4v) is 1.09. The van der Waals surface area contributed by atoms with Crippen LogP contribution in [-0.2, 0) is 0 Å². The molecule has 0 atom stereocenters. The Bertz CT molecular complexity index is 46.1. The van der Waals surface area contributed by atoms with E-state index < -0.39 is 0 Å². The summed E-state index contributed by atoms with van der Waals surface area (Å²) in [6.07, 6.45) is 5.29. The molecule has 0 heterocycles. The average molecular weight is 97.2 g/mol. The molecule has 0 unspecified atom stereocenters. The van der Waals surface area contributed by atoms with Crippen molar-refractivity contribution in [1.82, 2.24) is 5.32 Å². The van der Waals surface area contributed by atoms with Crippen molar-refractivity contribution in [3.63, 3.8) is 0 Å². The molecule has 7 heavy (non-hydrogen) atoms. The van der Waals surface area contributed by atoms with Crippen LogP contribution in [0.4, 0.5) is 0 Å². The first-order chi connectivity index (χ1) is 3.43. The molecule has 0 aromatic carbocycles. The van der Waals surface area contributed by atoms with Gasteiger partial charge in [-0.05, 0) is 18.9 Å². The number of nitrogens with zero attached hydrogens (tertiary/aromatic N) is 1. The van der Waals surface area contributed by atoms with Crippen LogP contribution >= 0.6 is 0 Å². The van der Waals surface area contributed by atoms with Crippen molar-refractivity contribution in [1.29, 1.82) is 0 Å². The molecule has 0 bridgehead atoms. The topological polar surface area (TPSA) is 14.1 Å². The summed E-state index contributed by atoms with van der Waals surface area (Å²) in [5.41, 5.74) is 0. The van der Waals surface area contributed by atoms with Gasteiger partial charge in [-0.1, -0.05) is 12.8 Å². The van der Waals surface area contributed by atoms with Gasteiger partial charge in [-0.2, -0.15) is 0 Å². The van der Waals surface area contributed by atoms with Crippen LogP contribution in [0.1, 0.15) is 25.7 Å². The van der Waals surface area contributed by atoms with Gasteiger partial charge in [0, 0.05) is 0 Å². The molecule has 1 heteroatoms. The molecule has 0 amide bonds. The van der Waals surface area contributed by atoms with Crippen LogP contribution in [-0.4, -0.2) is 6.04 Å². The van der Waals surface area contributed by atoms with Gasteiger partial charge >= 0.3 is 0 Å². The van der Waals surface area contributed by atoms with E-state index in [1.54, 1.807) is 0 Å². The van der Waals surface area contributed by atoms with E-state index in [4.69, 9.17) is 0 Å². The van der Waals surface area contributed by atoms with Crippen molar-refractivity contribution in [3.05, 3.63) is 7.05 Å². The highest BCUT2D eigenvalue weighted by atomic mass is 14.9. The zero-order chi connectivity index (χ0) is 5.11. The molecule has 41 valence electrons. The maximum Gasteiger partial charge on any atom is -0.00849 e. The maximum absolute atomic E-state index is 3.94. The second kappa shape index (κ2) is 2.31. The Labute approximate surface area is 45.1 Å². The van der Waals surface area contributed by atoms with Gasteiger partial charge in [-0.3, -0.25) is 7.05 Å². The lowest BCUT2D eigenvalue weighted by Crippen LogP contribution is -2.10. The van der Waals surface area contributed by atoms with Crippen LogP contribution in [0, 0.1) is 7.05 Å². The molecule has 0 N–H and O–H groups in total. The van der Waals surface area contributed by atoms with Gasteiger partial charge in [-0.15, -0.1) is 0 Å². The van der Waals surface area contributed by atoms with Crippen molar-refractivity contribution in [3.8, 4) is 0 Å². The molecule has 1 saturated carbocycles. The van der Waals surface area contributed by atoms with E-state index in [1.165, 1.54) is 25.7 Å². The Kier molecular flexibility index (Phi) is 1.69. The van der Waals surface area contributed by atoms with Crippen LogP contribution in [0.3, 0.4) is 0 Å². The molecule has 1 aliphatic carbocycles. The summed E-state index contributed by atoms with van der Waals surface area (Å²) in [5.74, 6) is 0. The van der Waals surface area contributed by atoms with Crippen molar-refractivity contribution in [2.45, 2.75) is 31.7 Å². The molecule has 0 saturated heterocycles. The molecule has 0 spiro atoms. The van der Waals surface area contributed by atoms with Crippen molar-refractivity contribution in [2.75, 3.05) is 0 Å². The maximum atomic E-state index is 3.94. The second-order valence-corrected chi connectivity index (χ2v) is 2.12. The lowest BCUT2D eigenvalue weighted by Gasteiger charge is -2.08. The quantitative estimate of drug-likeness (QED) is 0.438. The summed E-state index contributed by atoms with van der Waals surface area (Å²) in [7, 11) is 3.49. The van der Waals surface area contributed by atoms with Gasteiger partial charge in [0.25, 0.3) is 0 Å². The smallest absolute Gasteiger partial charge is 0.00849 e. The molecule has 0 aromatic heterocycles. The fourth-order valence-electron chi connectivity index (χ4n) is 1.09. The molecular formula is C6H11N-. The minimum absolute atomic E-state index is 0.611. The Hall–Kier alpha value is -0.0400. The summed E-state index contributed by atoms with van der Waals surface area (Å²) < 4.78 is 0. The van der Waals surface area contributed by atoms with E-state index in [-0.39, 0.29) is 0 Å². The Morgan fingerprint density at radius 3 is 2.14 bits per heavy atom. The van der Waals surface area contributed by atoms with E-state index in [0.29, 0.717) is 6.04 Å². The van der Waals surface area contributed by atoms with Gasteiger partial charge in [0.05, 0.1) is 0 Å². The highest BCUT2D eigenvalue weighted by Gasteiger charge is 2.09. The van der Waals surface area contributed by atoms with Crippen LogP contribution in [0.5, 0.6) is 0 Å². The van der Waals surface area contributed by atoms with Gasteiger partial charge in [-0.25, -0.2) is 0 Å². The van der Waals surface area contributed by atoms with E-state index in [9.17, 15) is 0 Å². The van der Waals surface area contributed by atoms with Crippen molar-refractivity contribution < 1.29 is 0 Å². The highest BCUT2D eigenvalue weighted by Crippen LogP contribution is 2.17. The number of hydrogen-bond acceptors (Lipinski definition) is 0. The Morgan fingerprint density at radius 2 is 1.86 bits per heavy atom. The summed E-state index contributed by atoms with van der Waals surface area (Å²) in [6, 6.07) is 0.611. The fraction of sp³-hybridized carbons (Fsp3) is 0.833. The number of hydrogen-bond donors (Lipinski definition) is 0. The molecule has 1 aliphatic rings. The largest absolute Gasteiger partial charge is 0.422 e. The van der Waals surface area contributed by atoms with E-state index in [1.807, 2.05) is 0 Å². The SMILES string of the molecule is [CH2-][N]C1CCCC1. The standard InChI is InChI=1S/C6H11N/c1-7-6-4-2-3-5-6/h6H,1-5H2/q-1. The third-order valence-electron chi connectivity index (χ3n) is 1.58. The predicted octanol–water partition coefficient (Wildman–Crippen LogP) is 1.32. The van der Waals surface area contributed by atoms with Gasteiger partial charge in [0.15, 0.2) is 0 Å².